The predicted molar refractivity (Wildman–Crippen MR) is 70.0 cm³/mol. The third-order valence-electron chi connectivity index (χ3n) is 3.49. The van der Waals surface area contributed by atoms with Crippen LogP contribution in [0.1, 0.15) is 30.1 Å². The molecule has 92 valence electrons. The normalized spacial score (nSPS) is 19.6. The average molecular weight is 233 g/mol. The van der Waals surface area contributed by atoms with E-state index in [1.807, 2.05) is 6.07 Å². The Labute approximate surface area is 102 Å². The molecule has 1 saturated heterocycles. The molecule has 0 aromatic heterocycles. The number of amides is 1. The minimum absolute atomic E-state index is 0.389. The predicted octanol–water partition coefficient (Wildman–Crippen LogP) is 1.60. The van der Waals surface area contributed by atoms with Crippen molar-refractivity contribution in [1.82, 2.24) is 0 Å². The number of primary amides is 1. The maximum Gasteiger partial charge on any atom is 0.250 e. The Morgan fingerprint density at radius 1 is 1.53 bits per heavy atom. The first-order chi connectivity index (χ1) is 8.11. The zero-order valence-corrected chi connectivity index (χ0v) is 10.1. The number of rotatable bonds is 3. The van der Waals surface area contributed by atoms with Gasteiger partial charge in [0.25, 0.3) is 5.91 Å². The highest BCUT2D eigenvalue weighted by Gasteiger charge is 2.24. The van der Waals surface area contributed by atoms with Gasteiger partial charge in [0, 0.05) is 18.8 Å². The van der Waals surface area contributed by atoms with Crippen molar-refractivity contribution in [3.05, 3.63) is 23.8 Å². The Morgan fingerprint density at radius 3 is 2.88 bits per heavy atom. The number of benzene rings is 1. The van der Waals surface area contributed by atoms with Crippen molar-refractivity contribution in [2.24, 2.45) is 11.7 Å². The third-order valence-corrected chi connectivity index (χ3v) is 3.49. The standard InChI is InChI=1S/C13H19N3O/c1-2-9-5-6-16(8-9)12-7-10(14)3-4-11(12)13(15)17/h3-4,7,9H,2,5-6,8,14H2,1H3,(H2,15,17). The fourth-order valence-corrected chi connectivity index (χ4v) is 2.40. The highest BCUT2D eigenvalue weighted by molar-refractivity contribution is 5.99. The summed E-state index contributed by atoms with van der Waals surface area (Å²) in [5, 5.41) is 0. The van der Waals surface area contributed by atoms with E-state index in [0.29, 0.717) is 17.2 Å². The van der Waals surface area contributed by atoms with Gasteiger partial charge in [-0.25, -0.2) is 0 Å². The van der Waals surface area contributed by atoms with Crippen LogP contribution >= 0.6 is 0 Å². The van der Waals surface area contributed by atoms with E-state index in [1.165, 1.54) is 12.8 Å². The summed E-state index contributed by atoms with van der Waals surface area (Å²) in [6.45, 7) is 4.16. The number of hydrogen-bond acceptors (Lipinski definition) is 3. The highest BCUT2D eigenvalue weighted by Crippen LogP contribution is 2.29. The van der Waals surface area contributed by atoms with Gasteiger partial charge in [0.2, 0.25) is 0 Å². The summed E-state index contributed by atoms with van der Waals surface area (Å²) in [7, 11) is 0. The summed E-state index contributed by atoms with van der Waals surface area (Å²) in [5.41, 5.74) is 13.3. The monoisotopic (exact) mass is 233 g/mol. The first kappa shape index (κ1) is 11.8. The molecule has 1 fully saturated rings. The van der Waals surface area contributed by atoms with Crippen LogP contribution in [0.2, 0.25) is 0 Å². The summed E-state index contributed by atoms with van der Waals surface area (Å²) in [4.78, 5) is 13.6. The van der Waals surface area contributed by atoms with Gasteiger partial charge < -0.3 is 16.4 Å². The minimum Gasteiger partial charge on any atom is -0.399 e. The third kappa shape index (κ3) is 2.35. The van der Waals surface area contributed by atoms with Crippen molar-refractivity contribution in [1.29, 1.82) is 0 Å². The van der Waals surface area contributed by atoms with Crippen LogP contribution in [0.15, 0.2) is 18.2 Å². The molecule has 0 saturated carbocycles. The molecule has 0 bridgehead atoms. The molecule has 0 radical (unpaired) electrons. The first-order valence-electron chi connectivity index (χ1n) is 6.06. The van der Waals surface area contributed by atoms with E-state index in [1.54, 1.807) is 12.1 Å². The Kier molecular flexibility index (Phi) is 3.22. The van der Waals surface area contributed by atoms with Crippen molar-refractivity contribution in [2.45, 2.75) is 19.8 Å². The van der Waals surface area contributed by atoms with Crippen molar-refractivity contribution < 1.29 is 4.79 Å². The largest absolute Gasteiger partial charge is 0.399 e. The van der Waals surface area contributed by atoms with E-state index < -0.39 is 0 Å². The second kappa shape index (κ2) is 4.65. The minimum atomic E-state index is -0.389. The van der Waals surface area contributed by atoms with E-state index in [-0.39, 0.29) is 5.91 Å². The second-order valence-electron chi connectivity index (χ2n) is 4.65. The lowest BCUT2D eigenvalue weighted by molar-refractivity contribution is 0.100. The zero-order valence-electron chi connectivity index (χ0n) is 10.1. The molecule has 4 N–H and O–H groups in total. The van der Waals surface area contributed by atoms with Crippen LogP contribution in [0.4, 0.5) is 11.4 Å². The Hall–Kier alpha value is -1.71. The number of anilines is 2. The maximum absolute atomic E-state index is 11.4. The summed E-state index contributed by atoms with van der Waals surface area (Å²) < 4.78 is 0. The SMILES string of the molecule is CCC1CCN(c2cc(N)ccc2C(N)=O)C1. The molecule has 2 rings (SSSR count). The van der Waals surface area contributed by atoms with Crippen LogP contribution in [0, 0.1) is 5.92 Å². The lowest BCUT2D eigenvalue weighted by atomic mass is 10.1. The number of nitrogens with zero attached hydrogens (tertiary/aromatic N) is 1. The number of carbonyl (C=O) groups is 1. The Bertz CT molecular complexity index is 431. The summed E-state index contributed by atoms with van der Waals surface area (Å²) >= 11 is 0. The zero-order chi connectivity index (χ0) is 12.4. The van der Waals surface area contributed by atoms with E-state index in [9.17, 15) is 4.79 Å². The summed E-state index contributed by atoms with van der Waals surface area (Å²) in [5.74, 6) is 0.317. The molecule has 17 heavy (non-hydrogen) atoms. The van der Waals surface area contributed by atoms with E-state index in [4.69, 9.17) is 11.5 Å². The molecule has 4 nitrogen and oxygen atoms in total. The molecule has 1 atom stereocenters. The molecule has 1 aliphatic heterocycles. The van der Waals surface area contributed by atoms with E-state index in [0.717, 1.165) is 18.8 Å². The van der Waals surface area contributed by atoms with Gasteiger partial charge >= 0.3 is 0 Å². The quantitative estimate of drug-likeness (QED) is 0.779. The fourth-order valence-electron chi connectivity index (χ4n) is 2.40. The van der Waals surface area contributed by atoms with Crippen LogP contribution < -0.4 is 16.4 Å². The van der Waals surface area contributed by atoms with Crippen LogP contribution in [-0.2, 0) is 0 Å². The van der Waals surface area contributed by atoms with Gasteiger partial charge in [-0.1, -0.05) is 13.3 Å². The van der Waals surface area contributed by atoms with Crippen molar-refractivity contribution in [2.75, 3.05) is 23.7 Å². The van der Waals surface area contributed by atoms with Gasteiger partial charge in [0.1, 0.15) is 0 Å². The average Bonchev–Trinajstić information content (AvgIpc) is 2.76. The first-order valence-corrected chi connectivity index (χ1v) is 6.06. The summed E-state index contributed by atoms with van der Waals surface area (Å²) in [6, 6.07) is 5.28. The molecule has 0 aliphatic carbocycles. The highest BCUT2D eigenvalue weighted by atomic mass is 16.1. The molecule has 4 heteroatoms. The Morgan fingerprint density at radius 2 is 2.29 bits per heavy atom. The van der Waals surface area contributed by atoms with Gasteiger partial charge in [-0.05, 0) is 30.5 Å². The topological polar surface area (TPSA) is 72.3 Å². The Balaban J connectivity index is 2.31. The smallest absolute Gasteiger partial charge is 0.250 e. The van der Waals surface area contributed by atoms with Gasteiger partial charge in [0.15, 0.2) is 0 Å². The molecule has 1 aliphatic rings. The second-order valence-corrected chi connectivity index (χ2v) is 4.65. The van der Waals surface area contributed by atoms with Crippen molar-refractivity contribution in [3.63, 3.8) is 0 Å². The molecule has 1 heterocycles. The number of carbonyl (C=O) groups excluding carboxylic acids is 1. The number of hydrogen-bond donors (Lipinski definition) is 2. The van der Waals surface area contributed by atoms with Crippen LogP contribution in [0.25, 0.3) is 0 Å². The molecule has 1 amide bonds. The lowest BCUT2D eigenvalue weighted by Crippen LogP contribution is -2.24. The van der Waals surface area contributed by atoms with Gasteiger partial charge in [0.05, 0.1) is 11.3 Å². The summed E-state index contributed by atoms with van der Waals surface area (Å²) in [6.07, 6.45) is 2.34. The molecule has 0 spiro atoms. The van der Waals surface area contributed by atoms with Crippen LogP contribution in [0.3, 0.4) is 0 Å². The van der Waals surface area contributed by atoms with Gasteiger partial charge in [-0.15, -0.1) is 0 Å². The van der Waals surface area contributed by atoms with Crippen LogP contribution in [0.5, 0.6) is 0 Å². The van der Waals surface area contributed by atoms with Crippen molar-refractivity contribution >= 4 is 17.3 Å². The molecule has 1 aromatic carbocycles. The lowest BCUT2D eigenvalue weighted by Gasteiger charge is -2.21. The van der Waals surface area contributed by atoms with E-state index >= 15 is 0 Å². The molecular weight excluding hydrogens is 214 g/mol. The number of nitrogen functional groups attached to an aromatic ring is 1. The molecule has 1 aromatic rings. The van der Waals surface area contributed by atoms with Gasteiger partial charge in [-0.3, -0.25) is 4.79 Å². The van der Waals surface area contributed by atoms with E-state index in [2.05, 4.69) is 11.8 Å². The van der Waals surface area contributed by atoms with Crippen molar-refractivity contribution in [3.8, 4) is 0 Å². The molecular formula is C13H19N3O. The maximum atomic E-state index is 11.4. The molecule has 1 unspecified atom stereocenters. The van der Waals surface area contributed by atoms with Crippen LogP contribution in [-0.4, -0.2) is 19.0 Å². The fraction of sp³-hybridized carbons (Fsp3) is 0.462. The number of nitrogens with two attached hydrogens (primary N) is 2. The van der Waals surface area contributed by atoms with Gasteiger partial charge in [-0.2, -0.15) is 0 Å².